The van der Waals surface area contributed by atoms with Crippen LogP contribution in [0.5, 0.6) is 0 Å². The average Bonchev–Trinajstić information content (AvgIpc) is 3.66. The molecule has 58 heavy (non-hydrogen) atoms. The Kier molecular flexibility index (Phi) is 18.8. The maximum atomic E-state index is 14.5. The van der Waals surface area contributed by atoms with Gasteiger partial charge >= 0.3 is 0 Å². The topological polar surface area (TPSA) is 155 Å². The van der Waals surface area contributed by atoms with E-state index in [4.69, 9.17) is 15.2 Å². The number of hydrogen-bond acceptors (Lipinski definition) is 9. The number of nitrogen functional groups attached to an aromatic ring is 1. The highest BCUT2D eigenvalue weighted by Crippen LogP contribution is 2.31. The standard InChI is InChI=1S/C46H73N5O7/c1-28(2)36(25-38(52)41(29(3)4)49(9)27-33-18-16-21-35(47)24-33)46(56)50(10)42(30(5)6)39(57-11)26-40(53)51-23-17-22-37(51)44(58-12)31(7)45(55)48-32(8)43(54)34-19-14-13-15-20-34/h13-16,18-21,24,28-32,36-37,39,41-44,54H,17,22-23,25-27,47H2,1-12H3,(H,48,55)/t31-,32-,36+,37+,39-,41+,42+,43-,44-/m1/s1. The van der Waals surface area contributed by atoms with Crippen LogP contribution in [0.1, 0.15) is 98.3 Å². The number of anilines is 1. The molecule has 2 aromatic carbocycles. The fraction of sp³-hybridized carbons (Fsp3) is 0.652. The number of likely N-dealkylation sites (tertiary alicyclic amines) is 1. The molecule has 0 aromatic heterocycles. The van der Waals surface area contributed by atoms with E-state index >= 15 is 0 Å². The Morgan fingerprint density at radius 2 is 1.53 bits per heavy atom. The van der Waals surface area contributed by atoms with Crippen molar-refractivity contribution in [1.29, 1.82) is 0 Å². The van der Waals surface area contributed by atoms with E-state index < -0.39 is 48.3 Å². The number of benzene rings is 2. The second kappa shape index (κ2) is 22.5. The number of amides is 3. The number of hydrogen-bond donors (Lipinski definition) is 3. The van der Waals surface area contributed by atoms with Crippen LogP contribution in [0, 0.1) is 29.6 Å². The van der Waals surface area contributed by atoms with Crippen molar-refractivity contribution >= 4 is 29.2 Å². The summed E-state index contributed by atoms with van der Waals surface area (Å²) in [5.74, 6) is -1.88. The highest BCUT2D eigenvalue weighted by Gasteiger charge is 2.43. The zero-order chi connectivity index (χ0) is 43.4. The van der Waals surface area contributed by atoms with Crippen LogP contribution in [0.3, 0.4) is 0 Å². The molecule has 2 aromatic rings. The third kappa shape index (κ3) is 12.6. The van der Waals surface area contributed by atoms with Crippen molar-refractivity contribution in [2.45, 2.75) is 130 Å². The average molecular weight is 808 g/mol. The minimum absolute atomic E-state index is 0.0129. The van der Waals surface area contributed by atoms with E-state index in [0.29, 0.717) is 30.8 Å². The van der Waals surface area contributed by atoms with E-state index in [9.17, 15) is 24.3 Å². The molecule has 324 valence electrons. The number of aliphatic hydroxyl groups excluding tert-OH is 1. The van der Waals surface area contributed by atoms with E-state index in [1.165, 1.54) is 0 Å². The van der Waals surface area contributed by atoms with Gasteiger partial charge in [0, 0.05) is 52.4 Å². The quantitative estimate of drug-likeness (QED) is 0.127. The van der Waals surface area contributed by atoms with E-state index in [0.717, 1.165) is 12.0 Å². The van der Waals surface area contributed by atoms with Crippen molar-refractivity contribution in [3.8, 4) is 0 Å². The number of carbonyl (C=O) groups is 4. The van der Waals surface area contributed by atoms with Crippen molar-refractivity contribution in [3.05, 3.63) is 65.7 Å². The van der Waals surface area contributed by atoms with Crippen LogP contribution in [-0.4, -0.2) is 115 Å². The van der Waals surface area contributed by atoms with Crippen LogP contribution in [0.25, 0.3) is 0 Å². The summed E-state index contributed by atoms with van der Waals surface area (Å²) in [6.45, 7) is 16.6. The number of Topliss-reactive ketones (excluding diaryl/α,β-unsaturated/α-hetero) is 1. The van der Waals surface area contributed by atoms with E-state index in [1.54, 1.807) is 44.9 Å². The maximum Gasteiger partial charge on any atom is 0.226 e. The lowest BCUT2D eigenvalue weighted by Crippen LogP contribution is -2.54. The first-order chi connectivity index (χ1) is 27.3. The van der Waals surface area contributed by atoms with Gasteiger partial charge in [-0.05, 0) is 67.8 Å². The molecule has 0 bridgehead atoms. The predicted molar refractivity (Wildman–Crippen MR) is 229 cm³/mol. The first-order valence-electron chi connectivity index (χ1n) is 21.1. The van der Waals surface area contributed by atoms with Crippen LogP contribution in [0.15, 0.2) is 54.6 Å². The van der Waals surface area contributed by atoms with Crippen molar-refractivity contribution in [2.24, 2.45) is 29.6 Å². The summed E-state index contributed by atoms with van der Waals surface area (Å²) >= 11 is 0. The molecule has 1 aliphatic heterocycles. The zero-order valence-electron chi connectivity index (χ0n) is 37.2. The Balaban J connectivity index is 1.74. The summed E-state index contributed by atoms with van der Waals surface area (Å²) in [7, 11) is 6.81. The van der Waals surface area contributed by atoms with Crippen LogP contribution >= 0.6 is 0 Å². The summed E-state index contributed by atoms with van der Waals surface area (Å²) < 4.78 is 12.0. The molecule has 1 aliphatic rings. The lowest BCUT2D eigenvalue weighted by Gasteiger charge is -2.40. The molecule has 0 radical (unpaired) electrons. The van der Waals surface area contributed by atoms with Gasteiger partial charge in [-0.3, -0.25) is 24.1 Å². The molecule has 12 heteroatoms. The van der Waals surface area contributed by atoms with Crippen molar-refractivity contribution in [1.82, 2.24) is 20.0 Å². The third-order valence-corrected chi connectivity index (χ3v) is 12.1. The monoisotopic (exact) mass is 808 g/mol. The first kappa shape index (κ1) is 48.5. The SMILES string of the molecule is CO[C@H]([C@@H](C)C(=O)N[C@H](C)[C@@H](O)c1ccccc1)[C@@H]1CCCN1C(=O)C[C@@H](OC)[C@H](C(C)C)N(C)C(=O)[C@@H](CC(=O)[C@H](C(C)C)N(C)Cc1cccc(N)c1)C(C)C. The van der Waals surface area contributed by atoms with Crippen LogP contribution < -0.4 is 11.1 Å². The van der Waals surface area contributed by atoms with Gasteiger partial charge in [0.05, 0.1) is 54.8 Å². The summed E-state index contributed by atoms with van der Waals surface area (Å²) in [5.41, 5.74) is 8.42. The number of carbonyl (C=O) groups excluding carboxylic acids is 4. The molecule has 0 spiro atoms. The Bertz CT molecular complexity index is 1620. The second-order valence-electron chi connectivity index (χ2n) is 17.5. The Labute approximate surface area is 348 Å². The number of ether oxygens (including phenoxy) is 2. The lowest BCUT2D eigenvalue weighted by molar-refractivity contribution is -0.149. The smallest absolute Gasteiger partial charge is 0.226 e. The van der Waals surface area contributed by atoms with Gasteiger partial charge < -0.3 is 35.4 Å². The molecule has 3 rings (SSSR count). The molecule has 9 atom stereocenters. The second-order valence-corrected chi connectivity index (χ2v) is 17.5. The molecular formula is C46H73N5O7. The fourth-order valence-electron chi connectivity index (χ4n) is 8.98. The molecular weight excluding hydrogens is 735 g/mol. The molecule has 3 amide bonds. The Morgan fingerprint density at radius 3 is 2.09 bits per heavy atom. The molecule has 1 saturated heterocycles. The Hall–Kier alpha value is -3.84. The largest absolute Gasteiger partial charge is 0.399 e. The summed E-state index contributed by atoms with van der Waals surface area (Å²) in [6, 6.07) is 15.1. The first-order valence-corrected chi connectivity index (χ1v) is 21.1. The van der Waals surface area contributed by atoms with Gasteiger partial charge in [0.25, 0.3) is 0 Å². The molecule has 0 saturated carbocycles. The minimum Gasteiger partial charge on any atom is -0.399 e. The maximum absolute atomic E-state index is 14.5. The highest BCUT2D eigenvalue weighted by molar-refractivity contribution is 5.90. The fourth-order valence-corrected chi connectivity index (χ4v) is 8.98. The number of rotatable bonds is 22. The Morgan fingerprint density at radius 1 is 0.879 bits per heavy atom. The number of nitrogens with two attached hydrogens (primary N) is 1. The normalized spacial score (nSPS) is 18.8. The van der Waals surface area contributed by atoms with Gasteiger partial charge in [0.15, 0.2) is 5.78 Å². The molecule has 1 heterocycles. The number of nitrogens with zero attached hydrogens (tertiary/aromatic N) is 3. The molecule has 0 aliphatic carbocycles. The van der Waals surface area contributed by atoms with Crippen molar-refractivity contribution in [2.75, 3.05) is 40.6 Å². The van der Waals surface area contributed by atoms with Crippen LogP contribution in [0.4, 0.5) is 5.69 Å². The van der Waals surface area contributed by atoms with Gasteiger partial charge in [-0.2, -0.15) is 0 Å². The number of aliphatic hydroxyl groups is 1. The van der Waals surface area contributed by atoms with Gasteiger partial charge in [-0.15, -0.1) is 0 Å². The number of likely N-dealkylation sites (N-methyl/N-ethyl adjacent to an activating group) is 2. The summed E-state index contributed by atoms with van der Waals surface area (Å²) in [5, 5.41) is 13.8. The van der Waals surface area contributed by atoms with E-state index in [2.05, 4.69) is 5.32 Å². The molecule has 1 fully saturated rings. The number of nitrogens with one attached hydrogen (secondary N) is 1. The molecule has 4 N–H and O–H groups in total. The summed E-state index contributed by atoms with van der Waals surface area (Å²) in [6.07, 6.45) is -0.537. The third-order valence-electron chi connectivity index (χ3n) is 12.1. The van der Waals surface area contributed by atoms with Crippen molar-refractivity contribution in [3.63, 3.8) is 0 Å². The number of methoxy groups -OCH3 is 2. The van der Waals surface area contributed by atoms with Gasteiger partial charge in [0.1, 0.15) is 0 Å². The lowest BCUT2D eigenvalue weighted by atomic mass is 9.84. The van der Waals surface area contributed by atoms with Crippen molar-refractivity contribution < 1.29 is 33.8 Å². The zero-order valence-corrected chi connectivity index (χ0v) is 37.2. The predicted octanol–water partition coefficient (Wildman–Crippen LogP) is 5.73. The number of ketones is 1. The van der Waals surface area contributed by atoms with E-state index in [1.807, 2.05) is 108 Å². The minimum atomic E-state index is -0.881. The molecule has 0 unspecified atom stereocenters. The van der Waals surface area contributed by atoms with Gasteiger partial charge in [-0.1, -0.05) is 90.9 Å². The van der Waals surface area contributed by atoms with E-state index in [-0.39, 0.29) is 60.1 Å². The van der Waals surface area contributed by atoms with Crippen LogP contribution in [-0.2, 0) is 35.2 Å². The highest BCUT2D eigenvalue weighted by atomic mass is 16.5. The molecule has 12 nitrogen and oxygen atoms in total. The van der Waals surface area contributed by atoms with Crippen LogP contribution in [0.2, 0.25) is 0 Å². The summed E-state index contributed by atoms with van der Waals surface area (Å²) in [4.78, 5) is 61.8. The van der Waals surface area contributed by atoms with Gasteiger partial charge in [0.2, 0.25) is 17.7 Å². The van der Waals surface area contributed by atoms with Gasteiger partial charge in [-0.25, -0.2) is 0 Å².